The fraction of sp³-hybridized carbons (Fsp3) is 0.615. The van der Waals surface area contributed by atoms with Crippen molar-refractivity contribution < 1.29 is 9.84 Å². The second-order valence-corrected chi connectivity index (χ2v) is 5.02. The minimum atomic E-state index is -0.855. The van der Waals surface area contributed by atoms with Crippen LogP contribution in [0.15, 0.2) is 12.1 Å². The highest BCUT2D eigenvalue weighted by Crippen LogP contribution is 2.32. The zero-order chi connectivity index (χ0) is 12.5. The number of nitrogens with zero attached hydrogens (tertiary/aromatic N) is 2. The molecular formula is C13H20N2O2. The minimum Gasteiger partial charge on any atom is -0.383 e. The Morgan fingerprint density at radius 3 is 2.82 bits per heavy atom. The summed E-state index contributed by atoms with van der Waals surface area (Å²) in [5, 5.41) is 10.6. The summed E-state index contributed by atoms with van der Waals surface area (Å²) >= 11 is 0. The average molecular weight is 236 g/mol. The summed E-state index contributed by atoms with van der Waals surface area (Å²) in [6.07, 6.45) is 0.651. The summed E-state index contributed by atoms with van der Waals surface area (Å²) < 4.78 is 5.31. The van der Waals surface area contributed by atoms with E-state index in [0.29, 0.717) is 19.6 Å². The largest absolute Gasteiger partial charge is 0.383 e. The van der Waals surface area contributed by atoms with Gasteiger partial charge in [-0.2, -0.15) is 0 Å². The summed E-state index contributed by atoms with van der Waals surface area (Å²) in [5.74, 6) is 0. The predicted molar refractivity (Wildman–Crippen MR) is 65.7 cm³/mol. The summed E-state index contributed by atoms with van der Waals surface area (Å²) in [7, 11) is 4.01. The van der Waals surface area contributed by atoms with Gasteiger partial charge in [0.25, 0.3) is 0 Å². The lowest BCUT2D eigenvalue weighted by Crippen LogP contribution is -2.29. The molecule has 2 rings (SSSR count). The number of hydrogen-bond donors (Lipinski definition) is 1. The summed E-state index contributed by atoms with van der Waals surface area (Å²) in [5.41, 5.74) is 1.98. The summed E-state index contributed by atoms with van der Waals surface area (Å²) in [4.78, 5) is 6.61. The van der Waals surface area contributed by atoms with Crippen LogP contribution < -0.4 is 0 Å². The van der Waals surface area contributed by atoms with Crippen LogP contribution in [-0.4, -0.2) is 42.3 Å². The molecule has 1 fully saturated rings. The van der Waals surface area contributed by atoms with E-state index in [4.69, 9.17) is 4.74 Å². The van der Waals surface area contributed by atoms with Crippen LogP contribution in [0.4, 0.5) is 0 Å². The molecule has 0 bridgehead atoms. The fourth-order valence-electron chi connectivity index (χ4n) is 2.22. The Kier molecular flexibility index (Phi) is 3.47. The van der Waals surface area contributed by atoms with Crippen molar-refractivity contribution in [1.82, 2.24) is 9.88 Å². The van der Waals surface area contributed by atoms with Gasteiger partial charge in [-0.05, 0) is 27.1 Å². The van der Waals surface area contributed by atoms with Crippen LogP contribution in [0.5, 0.6) is 0 Å². The van der Waals surface area contributed by atoms with Gasteiger partial charge in [0.15, 0.2) is 0 Å². The lowest BCUT2D eigenvalue weighted by atomic mass is 9.91. The van der Waals surface area contributed by atoms with Gasteiger partial charge in [0, 0.05) is 30.8 Å². The van der Waals surface area contributed by atoms with Gasteiger partial charge in [0.05, 0.1) is 12.3 Å². The van der Waals surface area contributed by atoms with Crippen LogP contribution in [0.2, 0.25) is 0 Å². The minimum absolute atomic E-state index is 0.373. The average Bonchev–Trinajstić information content (AvgIpc) is 2.65. The van der Waals surface area contributed by atoms with Crippen molar-refractivity contribution in [2.24, 2.45) is 0 Å². The molecule has 0 unspecified atom stereocenters. The van der Waals surface area contributed by atoms with Crippen LogP contribution in [0, 0.1) is 6.92 Å². The van der Waals surface area contributed by atoms with Crippen molar-refractivity contribution in [3.63, 3.8) is 0 Å². The maximum atomic E-state index is 10.6. The highest BCUT2D eigenvalue weighted by Gasteiger charge is 2.36. The van der Waals surface area contributed by atoms with Crippen LogP contribution in [0.25, 0.3) is 0 Å². The third-order valence-electron chi connectivity index (χ3n) is 3.08. The number of aliphatic hydroxyl groups is 1. The highest BCUT2D eigenvalue weighted by molar-refractivity contribution is 5.29. The predicted octanol–water partition coefficient (Wildman–Crippen LogP) is 1.06. The highest BCUT2D eigenvalue weighted by atomic mass is 16.5. The fourth-order valence-corrected chi connectivity index (χ4v) is 2.22. The molecule has 1 saturated heterocycles. The molecular weight excluding hydrogens is 216 g/mol. The van der Waals surface area contributed by atoms with Crippen LogP contribution in [0.1, 0.15) is 23.4 Å². The Morgan fingerprint density at radius 1 is 1.47 bits per heavy atom. The standard InChI is InChI=1S/C13H20N2O2/c1-10-4-5-11(12(14-10)8-15(2)3)13(16)6-7-17-9-13/h4-5,16H,6-9H2,1-3H3/t13-/m0/s1. The quantitative estimate of drug-likeness (QED) is 0.852. The van der Waals surface area contributed by atoms with Crippen LogP contribution in [0.3, 0.4) is 0 Å². The third-order valence-corrected chi connectivity index (χ3v) is 3.08. The van der Waals surface area contributed by atoms with Gasteiger partial charge in [-0.25, -0.2) is 0 Å². The van der Waals surface area contributed by atoms with E-state index < -0.39 is 5.60 Å². The van der Waals surface area contributed by atoms with E-state index >= 15 is 0 Å². The molecule has 0 aliphatic carbocycles. The Balaban J connectivity index is 2.38. The monoisotopic (exact) mass is 236 g/mol. The second kappa shape index (κ2) is 4.72. The molecule has 1 N–H and O–H groups in total. The summed E-state index contributed by atoms with van der Waals surface area (Å²) in [6.45, 7) is 3.70. The van der Waals surface area contributed by atoms with Gasteiger partial charge in [0.2, 0.25) is 0 Å². The van der Waals surface area contributed by atoms with Gasteiger partial charge in [0.1, 0.15) is 5.60 Å². The molecule has 0 aromatic carbocycles. The van der Waals surface area contributed by atoms with Crippen LogP contribution in [-0.2, 0) is 16.9 Å². The van der Waals surface area contributed by atoms with E-state index in [-0.39, 0.29) is 0 Å². The van der Waals surface area contributed by atoms with E-state index in [1.807, 2.05) is 33.2 Å². The lowest BCUT2D eigenvalue weighted by molar-refractivity contribution is 0.0216. The molecule has 4 nitrogen and oxygen atoms in total. The molecule has 1 aromatic rings. The first kappa shape index (κ1) is 12.5. The van der Waals surface area contributed by atoms with Crippen molar-refractivity contribution in [2.45, 2.75) is 25.5 Å². The first-order chi connectivity index (χ1) is 8.01. The van der Waals surface area contributed by atoms with E-state index in [1.54, 1.807) is 0 Å². The topological polar surface area (TPSA) is 45.6 Å². The number of rotatable bonds is 3. The van der Waals surface area contributed by atoms with E-state index in [2.05, 4.69) is 9.88 Å². The number of pyridine rings is 1. The lowest BCUT2D eigenvalue weighted by Gasteiger charge is -2.25. The van der Waals surface area contributed by atoms with Gasteiger partial charge in [-0.3, -0.25) is 4.98 Å². The van der Waals surface area contributed by atoms with Crippen molar-refractivity contribution >= 4 is 0 Å². The van der Waals surface area contributed by atoms with Crippen molar-refractivity contribution in [3.8, 4) is 0 Å². The number of aryl methyl sites for hydroxylation is 1. The molecule has 94 valence electrons. The molecule has 0 saturated carbocycles. The van der Waals surface area contributed by atoms with E-state index in [9.17, 15) is 5.11 Å². The van der Waals surface area contributed by atoms with Gasteiger partial charge in [-0.1, -0.05) is 6.07 Å². The normalized spacial score (nSPS) is 24.5. The van der Waals surface area contributed by atoms with Gasteiger partial charge < -0.3 is 14.7 Å². The molecule has 0 radical (unpaired) electrons. The molecule has 1 aromatic heterocycles. The van der Waals surface area contributed by atoms with E-state index in [0.717, 1.165) is 23.5 Å². The molecule has 2 heterocycles. The van der Waals surface area contributed by atoms with Crippen molar-refractivity contribution in [1.29, 1.82) is 0 Å². The molecule has 1 aliphatic heterocycles. The van der Waals surface area contributed by atoms with Gasteiger partial charge in [-0.15, -0.1) is 0 Å². The number of ether oxygens (including phenoxy) is 1. The zero-order valence-electron chi connectivity index (χ0n) is 10.7. The van der Waals surface area contributed by atoms with Crippen LogP contribution >= 0.6 is 0 Å². The molecule has 4 heteroatoms. The van der Waals surface area contributed by atoms with Crippen molar-refractivity contribution in [3.05, 3.63) is 29.1 Å². The number of hydrogen-bond acceptors (Lipinski definition) is 4. The molecule has 17 heavy (non-hydrogen) atoms. The number of aromatic nitrogens is 1. The Morgan fingerprint density at radius 2 is 2.24 bits per heavy atom. The zero-order valence-corrected chi connectivity index (χ0v) is 10.7. The molecule has 1 atom stereocenters. The first-order valence-electron chi connectivity index (χ1n) is 5.93. The maximum Gasteiger partial charge on any atom is 0.117 e. The van der Waals surface area contributed by atoms with Crippen molar-refractivity contribution in [2.75, 3.05) is 27.3 Å². The smallest absolute Gasteiger partial charge is 0.117 e. The Labute approximate surface area is 102 Å². The van der Waals surface area contributed by atoms with E-state index in [1.165, 1.54) is 0 Å². The van der Waals surface area contributed by atoms with Gasteiger partial charge >= 0.3 is 0 Å². The first-order valence-corrected chi connectivity index (χ1v) is 5.93. The second-order valence-electron chi connectivity index (χ2n) is 5.02. The third kappa shape index (κ3) is 2.65. The summed E-state index contributed by atoms with van der Waals surface area (Å²) in [6, 6.07) is 3.93. The Bertz CT molecular complexity index is 398. The molecule has 0 amide bonds. The molecule has 1 aliphatic rings. The Hall–Kier alpha value is -0.970. The SMILES string of the molecule is Cc1ccc([C@]2(O)CCOC2)c(CN(C)C)n1. The maximum absolute atomic E-state index is 10.6. The molecule has 0 spiro atoms.